The molecule has 0 bridgehead atoms. The molecular weight excluding hydrogens is 262 g/mol. The number of hydrogen-bond acceptors (Lipinski definition) is 4. The zero-order valence-corrected chi connectivity index (χ0v) is 11.4. The molecule has 2 heterocycles. The number of pyridine rings is 1. The molecule has 5 nitrogen and oxygen atoms in total. The van der Waals surface area contributed by atoms with Gasteiger partial charge in [-0.25, -0.2) is 0 Å². The molecule has 0 spiro atoms. The fourth-order valence-electron chi connectivity index (χ4n) is 1.66. The molecular formula is C13H15N3O2S. The van der Waals surface area contributed by atoms with E-state index in [9.17, 15) is 9.59 Å². The number of hydrogen-bond donors (Lipinski definition) is 1. The Hall–Kier alpha value is -2.08. The first-order valence-corrected chi connectivity index (χ1v) is 6.66. The summed E-state index contributed by atoms with van der Waals surface area (Å²) in [5, 5.41) is 1.97. The normalized spacial score (nSPS) is 10.4. The van der Waals surface area contributed by atoms with Crippen molar-refractivity contribution in [2.45, 2.75) is 13.1 Å². The van der Waals surface area contributed by atoms with Crippen molar-refractivity contribution in [1.82, 2.24) is 9.47 Å². The monoisotopic (exact) mass is 277 g/mol. The summed E-state index contributed by atoms with van der Waals surface area (Å²) >= 11 is 1.60. The molecule has 0 atom stereocenters. The van der Waals surface area contributed by atoms with E-state index >= 15 is 0 Å². The van der Waals surface area contributed by atoms with E-state index in [1.165, 1.54) is 22.9 Å². The first kappa shape index (κ1) is 13.4. The maximum absolute atomic E-state index is 12.0. The lowest BCUT2D eigenvalue weighted by Gasteiger charge is -2.17. The van der Waals surface area contributed by atoms with Crippen LogP contribution in [-0.4, -0.2) is 22.4 Å². The van der Waals surface area contributed by atoms with Gasteiger partial charge in [-0.05, 0) is 17.5 Å². The Morgan fingerprint density at radius 2 is 2.21 bits per heavy atom. The largest absolute Gasteiger partial charge is 0.398 e. The number of nitrogens with zero attached hydrogens (tertiary/aromatic N) is 2. The highest BCUT2D eigenvalue weighted by Gasteiger charge is 2.11. The van der Waals surface area contributed by atoms with Gasteiger partial charge in [0.05, 0.1) is 6.54 Å². The van der Waals surface area contributed by atoms with Crippen LogP contribution >= 0.6 is 11.3 Å². The van der Waals surface area contributed by atoms with Crippen LogP contribution in [-0.2, 0) is 17.9 Å². The Balaban J connectivity index is 2.04. The average molecular weight is 277 g/mol. The first-order valence-electron chi connectivity index (χ1n) is 5.78. The Kier molecular flexibility index (Phi) is 4.01. The second-order valence-corrected chi connectivity index (χ2v) is 5.29. The summed E-state index contributed by atoms with van der Waals surface area (Å²) in [6.45, 7) is 0.555. The molecule has 0 radical (unpaired) electrons. The van der Waals surface area contributed by atoms with Crippen LogP contribution in [0.1, 0.15) is 4.88 Å². The molecule has 1 amide bonds. The molecule has 0 saturated carbocycles. The van der Waals surface area contributed by atoms with Crippen molar-refractivity contribution < 1.29 is 4.79 Å². The maximum atomic E-state index is 12.0. The van der Waals surface area contributed by atoms with Gasteiger partial charge in [0.2, 0.25) is 5.91 Å². The van der Waals surface area contributed by atoms with Gasteiger partial charge in [-0.2, -0.15) is 0 Å². The molecule has 0 unspecified atom stereocenters. The van der Waals surface area contributed by atoms with Gasteiger partial charge in [-0.3, -0.25) is 9.59 Å². The van der Waals surface area contributed by atoms with E-state index in [4.69, 9.17) is 5.73 Å². The molecule has 0 saturated heterocycles. The molecule has 0 aliphatic heterocycles. The van der Waals surface area contributed by atoms with Gasteiger partial charge in [-0.1, -0.05) is 6.07 Å². The number of likely N-dealkylation sites (N-methyl/N-ethyl adjacent to an activating group) is 1. The van der Waals surface area contributed by atoms with Gasteiger partial charge >= 0.3 is 0 Å². The number of anilines is 1. The Bertz CT molecular complexity index is 619. The third-order valence-electron chi connectivity index (χ3n) is 2.71. The second kappa shape index (κ2) is 5.71. The molecule has 0 aliphatic rings. The van der Waals surface area contributed by atoms with Crippen molar-refractivity contribution >= 4 is 22.9 Å². The molecule has 19 heavy (non-hydrogen) atoms. The van der Waals surface area contributed by atoms with E-state index < -0.39 is 0 Å². The number of aromatic nitrogens is 1. The fraction of sp³-hybridized carbons (Fsp3) is 0.231. The minimum Gasteiger partial charge on any atom is -0.398 e. The number of nitrogens with two attached hydrogens (primary N) is 1. The van der Waals surface area contributed by atoms with E-state index in [0.717, 1.165) is 4.88 Å². The summed E-state index contributed by atoms with van der Waals surface area (Å²) in [7, 11) is 1.72. The van der Waals surface area contributed by atoms with Gasteiger partial charge in [0, 0.05) is 29.9 Å². The van der Waals surface area contributed by atoms with Crippen LogP contribution in [0.2, 0.25) is 0 Å². The van der Waals surface area contributed by atoms with E-state index in [1.807, 2.05) is 17.5 Å². The first-order chi connectivity index (χ1) is 9.06. The Morgan fingerprint density at radius 3 is 2.89 bits per heavy atom. The van der Waals surface area contributed by atoms with Gasteiger partial charge < -0.3 is 15.2 Å². The Labute approximate surface area is 114 Å². The molecule has 0 aliphatic carbocycles. The summed E-state index contributed by atoms with van der Waals surface area (Å²) in [6.07, 6.45) is 1.49. The van der Waals surface area contributed by atoms with Crippen molar-refractivity contribution in [3.05, 3.63) is 51.1 Å². The molecule has 2 N–H and O–H groups in total. The van der Waals surface area contributed by atoms with Crippen LogP contribution in [0.5, 0.6) is 0 Å². The fourth-order valence-corrected chi connectivity index (χ4v) is 2.42. The highest BCUT2D eigenvalue weighted by molar-refractivity contribution is 7.09. The number of rotatable bonds is 4. The maximum Gasteiger partial charge on any atom is 0.251 e. The zero-order valence-electron chi connectivity index (χ0n) is 10.6. The predicted molar refractivity (Wildman–Crippen MR) is 75.9 cm³/mol. The minimum atomic E-state index is -0.230. The molecule has 0 aromatic carbocycles. The molecule has 2 rings (SSSR count). The van der Waals surface area contributed by atoms with Crippen molar-refractivity contribution in [2.24, 2.45) is 0 Å². The predicted octanol–water partition coefficient (Wildman–Crippen LogP) is 1.15. The number of carbonyl (C=O) groups is 1. The molecule has 6 heteroatoms. The lowest BCUT2D eigenvalue weighted by molar-refractivity contribution is -0.131. The minimum absolute atomic E-state index is 0.00570. The quantitative estimate of drug-likeness (QED) is 0.911. The smallest absolute Gasteiger partial charge is 0.251 e. The van der Waals surface area contributed by atoms with Crippen molar-refractivity contribution in [3.63, 3.8) is 0 Å². The van der Waals surface area contributed by atoms with Gasteiger partial charge in [0.25, 0.3) is 5.56 Å². The van der Waals surface area contributed by atoms with Crippen molar-refractivity contribution in [2.75, 3.05) is 12.8 Å². The van der Waals surface area contributed by atoms with E-state index in [-0.39, 0.29) is 18.0 Å². The second-order valence-electron chi connectivity index (χ2n) is 4.26. The van der Waals surface area contributed by atoms with Crippen LogP contribution in [0.4, 0.5) is 5.69 Å². The molecule has 0 fully saturated rings. The van der Waals surface area contributed by atoms with Crippen LogP contribution in [0.25, 0.3) is 0 Å². The number of amides is 1. The SMILES string of the molecule is CN(Cc1cccs1)C(=O)Cn1cc(N)ccc1=O. The Morgan fingerprint density at radius 1 is 1.42 bits per heavy atom. The summed E-state index contributed by atoms with van der Waals surface area (Å²) < 4.78 is 1.32. The topological polar surface area (TPSA) is 68.3 Å². The third kappa shape index (κ3) is 3.45. The third-order valence-corrected chi connectivity index (χ3v) is 3.57. The lowest BCUT2D eigenvalue weighted by atomic mass is 10.4. The van der Waals surface area contributed by atoms with E-state index in [2.05, 4.69) is 0 Å². The van der Waals surface area contributed by atoms with Crippen LogP contribution in [0.15, 0.2) is 40.6 Å². The highest BCUT2D eigenvalue weighted by atomic mass is 32.1. The van der Waals surface area contributed by atoms with Crippen LogP contribution in [0.3, 0.4) is 0 Å². The molecule has 2 aromatic heterocycles. The van der Waals surface area contributed by atoms with Crippen LogP contribution < -0.4 is 11.3 Å². The van der Waals surface area contributed by atoms with Crippen molar-refractivity contribution in [1.29, 1.82) is 0 Å². The number of nitrogen functional groups attached to an aromatic ring is 1. The summed E-state index contributed by atoms with van der Waals surface area (Å²) in [5.41, 5.74) is 5.84. The molecule has 2 aromatic rings. The zero-order chi connectivity index (χ0) is 13.8. The number of thiophene rings is 1. The number of carbonyl (C=O) groups excluding carboxylic acids is 1. The lowest BCUT2D eigenvalue weighted by Crippen LogP contribution is -2.33. The van der Waals surface area contributed by atoms with Crippen molar-refractivity contribution in [3.8, 4) is 0 Å². The standard InChI is InChI=1S/C13H15N3O2S/c1-15(8-11-3-2-6-19-11)13(18)9-16-7-10(14)4-5-12(16)17/h2-7H,8-9,14H2,1H3. The summed E-state index contributed by atoms with van der Waals surface area (Å²) in [5.74, 6) is -0.124. The van der Waals surface area contributed by atoms with Gasteiger partial charge in [-0.15, -0.1) is 11.3 Å². The summed E-state index contributed by atoms with van der Waals surface area (Å²) in [4.78, 5) is 26.3. The van der Waals surface area contributed by atoms with Gasteiger partial charge in [0.15, 0.2) is 0 Å². The van der Waals surface area contributed by atoms with E-state index in [1.54, 1.807) is 23.3 Å². The van der Waals surface area contributed by atoms with E-state index in [0.29, 0.717) is 12.2 Å². The van der Waals surface area contributed by atoms with Gasteiger partial charge in [0.1, 0.15) is 6.54 Å². The summed E-state index contributed by atoms with van der Waals surface area (Å²) in [6, 6.07) is 6.81. The van der Waals surface area contributed by atoms with Crippen LogP contribution in [0, 0.1) is 0 Å². The highest BCUT2D eigenvalue weighted by Crippen LogP contribution is 2.11. The average Bonchev–Trinajstić information content (AvgIpc) is 2.86. The molecule has 100 valence electrons.